The van der Waals surface area contributed by atoms with Gasteiger partial charge in [0.15, 0.2) is 0 Å². The van der Waals surface area contributed by atoms with Gasteiger partial charge in [-0.1, -0.05) is 42.5 Å². The minimum absolute atomic E-state index is 0.376. The molecule has 4 aromatic carbocycles. The summed E-state index contributed by atoms with van der Waals surface area (Å²) in [6, 6.07) is 30.8. The van der Waals surface area contributed by atoms with Crippen molar-refractivity contribution < 1.29 is 19.4 Å². The second-order valence-corrected chi connectivity index (χ2v) is 12.4. The molecule has 0 bridgehead atoms. The molecule has 48 heavy (non-hydrogen) atoms. The van der Waals surface area contributed by atoms with Crippen molar-refractivity contribution in [1.29, 1.82) is 0 Å². The van der Waals surface area contributed by atoms with Crippen molar-refractivity contribution in [3.8, 4) is 22.6 Å². The molecule has 246 valence electrons. The Balaban J connectivity index is 0.000000154. The molecule has 4 heterocycles. The number of ether oxygens (including phenoxy) is 2. The molecule has 0 spiro atoms. The number of hydrogen-bond donors (Lipinski definition) is 3. The Hall–Kier alpha value is -5.05. The van der Waals surface area contributed by atoms with Crippen molar-refractivity contribution in [2.24, 2.45) is 0 Å². The lowest BCUT2D eigenvalue weighted by molar-refractivity contribution is 0.0598. The predicted octanol–water partition coefficient (Wildman–Crippen LogP) is 6.33. The molecule has 3 N–H and O–H groups in total. The van der Waals surface area contributed by atoms with E-state index in [2.05, 4.69) is 68.3 Å². The lowest BCUT2D eigenvalue weighted by Crippen LogP contribution is -2.17. The Kier molecular flexibility index (Phi) is 9.18. The summed E-state index contributed by atoms with van der Waals surface area (Å²) in [4.78, 5) is 12.3. The van der Waals surface area contributed by atoms with Crippen LogP contribution < -0.4 is 15.4 Å². The molecule has 6 aromatic rings. The zero-order valence-corrected chi connectivity index (χ0v) is 27.6. The highest BCUT2D eigenvalue weighted by atomic mass is 16.5. The number of aromatic nitrogens is 2. The van der Waals surface area contributed by atoms with Crippen LogP contribution in [0.2, 0.25) is 0 Å². The van der Waals surface area contributed by atoms with E-state index in [4.69, 9.17) is 9.47 Å². The topological polar surface area (TPSA) is 89.7 Å². The fourth-order valence-corrected chi connectivity index (χ4v) is 7.12. The highest BCUT2D eigenvalue weighted by Gasteiger charge is 2.20. The monoisotopic (exact) mass is 642 g/mol. The van der Waals surface area contributed by atoms with Crippen LogP contribution in [0.4, 0.5) is 0 Å². The third-order valence-corrected chi connectivity index (χ3v) is 9.51. The number of phenolic OH excluding ortho intramolecular Hbond substituents is 1. The molecule has 8 heteroatoms. The Bertz CT molecular complexity index is 2090. The number of fused-ring (bicyclic) bond motifs is 6. The molecule has 0 aliphatic carbocycles. The summed E-state index contributed by atoms with van der Waals surface area (Å²) in [6.45, 7) is 6.10. The number of nitrogens with zero attached hydrogens (tertiary/aromatic N) is 2. The first-order valence-corrected chi connectivity index (χ1v) is 16.7. The number of aromatic hydroxyl groups is 1. The van der Waals surface area contributed by atoms with E-state index in [9.17, 15) is 9.90 Å². The van der Waals surface area contributed by atoms with Crippen LogP contribution in [-0.4, -0.2) is 60.6 Å². The molecule has 0 unspecified atom stereocenters. The number of nitrogens with one attached hydrogen (secondary N) is 2. The van der Waals surface area contributed by atoms with Crippen molar-refractivity contribution in [2.45, 2.75) is 32.4 Å². The molecule has 2 aromatic heterocycles. The summed E-state index contributed by atoms with van der Waals surface area (Å²) in [7, 11) is 2.95. The third kappa shape index (κ3) is 6.29. The maximum absolute atomic E-state index is 12.3. The number of rotatable bonds is 5. The number of carbonyl (C=O) groups is 1. The molecular formula is C40H42N4O4. The number of para-hydroxylation sites is 1. The second-order valence-electron chi connectivity index (χ2n) is 12.4. The molecular weight excluding hydrogens is 600 g/mol. The molecule has 0 saturated heterocycles. The SMILES string of the molecule is COC(=O)c1c(OC)cccc1-c1ccc2c(c1)cc1n2CCNCC1.Oc1ccccc1Cc1ccc2c(c1)cc1n2CCNCC1. The fraction of sp³-hybridized carbons (Fsp3) is 0.275. The highest BCUT2D eigenvalue weighted by molar-refractivity contribution is 6.01. The summed E-state index contributed by atoms with van der Waals surface area (Å²) in [6.07, 6.45) is 2.88. The van der Waals surface area contributed by atoms with Gasteiger partial charge in [-0.2, -0.15) is 0 Å². The molecule has 0 amide bonds. The average molecular weight is 643 g/mol. The Labute approximate surface area is 280 Å². The van der Waals surface area contributed by atoms with Crippen molar-refractivity contribution in [1.82, 2.24) is 19.8 Å². The second kappa shape index (κ2) is 14.0. The van der Waals surface area contributed by atoms with Gasteiger partial charge < -0.3 is 34.3 Å². The van der Waals surface area contributed by atoms with E-state index >= 15 is 0 Å². The smallest absolute Gasteiger partial charge is 0.342 e. The van der Waals surface area contributed by atoms with Crippen LogP contribution in [0.15, 0.2) is 91.0 Å². The van der Waals surface area contributed by atoms with Gasteiger partial charge in [-0.3, -0.25) is 0 Å². The van der Waals surface area contributed by atoms with Crippen LogP contribution in [-0.2, 0) is 37.1 Å². The van der Waals surface area contributed by atoms with E-state index in [1.807, 2.05) is 30.3 Å². The summed E-state index contributed by atoms with van der Waals surface area (Å²) >= 11 is 0. The number of hydrogen-bond acceptors (Lipinski definition) is 6. The van der Waals surface area contributed by atoms with Crippen LogP contribution in [0, 0.1) is 0 Å². The summed E-state index contributed by atoms with van der Waals surface area (Å²) < 4.78 is 15.2. The van der Waals surface area contributed by atoms with E-state index in [1.54, 1.807) is 19.2 Å². The standard InChI is InChI=1S/C21H22N2O3.C19H20N2O/c1-25-19-5-3-4-17(20(19)21(24)26-2)14-6-7-18-15(12-14)13-16-8-9-22-10-11-23(16)18;22-19-4-2-1-3-15(19)11-14-5-6-18-16(12-14)13-17-7-8-20-9-10-21(17)18/h3-7,12-13,22H,8-11H2,1-2H3;1-6,12-13,20,22H,7-11H2. The zero-order valence-electron chi connectivity index (χ0n) is 27.6. The minimum Gasteiger partial charge on any atom is -0.508 e. The Morgan fingerprint density at radius 3 is 2.08 bits per heavy atom. The van der Waals surface area contributed by atoms with Gasteiger partial charge in [-0.25, -0.2) is 4.79 Å². The first kappa shape index (κ1) is 31.5. The van der Waals surface area contributed by atoms with E-state index in [1.165, 1.54) is 45.9 Å². The summed E-state index contributed by atoms with van der Waals surface area (Å²) in [5.41, 5.74) is 9.80. The zero-order chi connectivity index (χ0) is 33.0. The maximum Gasteiger partial charge on any atom is 0.342 e. The number of methoxy groups -OCH3 is 2. The van der Waals surface area contributed by atoms with Crippen LogP contribution >= 0.6 is 0 Å². The van der Waals surface area contributed by atoms with Gasteiger partial charge in [0, 0.05) is 91.7 Å². The van der Waals surface area contributed by atoms with Crippen molar-refractivity contribution in [3.05, 3.63) is 119 Å². The van der Waals surface area contributed by atoms with Gasteiger partial charge in [0.2, 0.25) is 0 Å². The normalized spacial score (nSPS) is 14.3. The quantitative estimate of drug-likeness (QED) is 0.191. The van der Waals surface area contributed by atoms with Crippen molar-refractivity contribution in [2.75, 3.05) is 40.4 Å². The molecule has 0 fully saturated rings. The van der Waals surface area contributed by atoms with Crippen LogP contribution in [0.5, 0.6) is 11.5 Å². The molecule has 8 rings (SSSR count). The maximum atomic E-state index is 12.3. The van der Waals surface area contributed by atoms with Crippen LogP contribution in [0.25, 0.3) is 32.9 Å². The first-order valence-electron chi connectivity index (χ1n) is 16.7. The third-order valence-electron chi connectivity index (χ3n) is 9.51. The lowest BCUT2D eigenvalue weighted by Gasteiger charge is -2.13. The Morgan fingerprint density at radius 2 is 1.42 bits per heavy atom. The Morgan fingerprint density at radius 1 is 0.750 bits per heavy atom. The number of carbonyl (C=O) groups excluding carboxylic acids is 1. The number of phenols is 1. The fourth-order valence-electron chi connectivity index (χ4n) is 7.12. The van der Waals surface area contributed by atoms with E-state index < -0.39 is 5.97 Å². The lowest BCUT2D eigenvalue weighted by atomic mass is 9.97. The molecule has 8 nitrogen and oxygen atoms in total. The average Bonchev–Trinajstić information content (AvgIpc) is 3.40. The number of benzene rings is 4. The molecule has 0 atom stereocenters. The first-order chi connectivity index (χ1) is 23.5. The molecule has 0 saturated carbocycles. The van der Waals surface area contributed by atoms with E-state index in [0.29, 0.717) is 17.1 Å². The van der Waals surface area contributed by atoms with Gasteiger partial charge in [-0.15, -0.1) is 0 Å². The van der Waals surface area contributed by atoms with Gasteiger partial charge in [0.1, 0.15) is 17.1 Å². The van der Waals surface area contributed by atoms with Crippen LogP contribution in [0.1, 0.15) is 32.9 Å². The number of esters is 1. The van der Waals surface area contributed by atoms with Gasteiger partial charge in [0.25, 0.3) is 0 Å². The highest BCUT2D eigenvalue weighted by Crippen LogP contribution is 2.34. The predicted molar refractivity (Wildman–Crippen MR) is 191 cm³/mol. The van der Waals surface area contributed by atoms with Gasteiger partial charge in [0.05, 0.1) is 14.2 Å². The summed E-state index contributed by atoms with van der Waals surface area (Å²) in [5.74, 6) is 0.505. The van der Waals surface area contributed by atoms with Crippen molar-refractivity contribution >= 4 is 27.8 Å². The van der Waals surface area contributed by atoms with E-state index in [0.717, 1.165) is 75.2 Å². The van der Waals surface area contributed by atoms with Gasteiger partial charge >= 0.3 is 5.97 Å². The molecule has 2 aliphatic rings. The molecule has 0 radical (unpaired) electrons. The van der Waals surface area contributed by atoms with E-state index in [-0.39, 0.29) is 0 Å². The van der Waals surface area contributed by atoms with Crippen molar-refractivity contribution in [3.63, 3.8) is 0 Å². The molecule has 2 aliphatic heterocycles. The van der Waals surface area contributed by atoms with Gasteiger partial charge in [-0.05, 0) is 70.8 Å². The van der Waals surface area contributed by atoms with Crippen LogP contribution in [0.3, 0.4) is 0 Å². The summed E-state index contributed by atoms with van der Waals surface area (Å²) in [5, 5.41) is 19.3. The largest absolute Gasteiger partial charge is 0.508 e. The minimum atomic E-state index is -0.392.